The number of rotatable bonds is 2. The summed E-state index contributed by atoms with van der Waals surface area (Å²) in [6.07, 6.45) is 0. The average molecular weight is 217 g/mol. The van der Waals surface area contributed by atoms with E-state index in [1.165, 1.54) is 5.56 Å². The molecule has 1 radical (unpaired) electrons. The summed E-state index contributed by atoms with van der Waals surface area (Å²) in [7, 11) is 0. The summed E-state index contributed by atoms with van der Waals surface area (Å²) in [5.74, 6) is 0.559. The lowest BCUT2D eigenvalue weighted by molar-refractivity contribution is 0.151. The summed E-state index contributed by atoms with van der Waals surface area (Å²) in [5.41, 5.74) is 4.33. The molecule has 2 rings (SSSR count). The molecule has 0 amide bonds. The number of nitrogens with zero attached hydrogens (tertiary/aromatic N) is 2. The van der Waals surface area contributed by atoms with E-state index in [2.05, 4.69) is 16.3 Å². The molecule has 0 unspecified atom stereocenters. The fraction of sp³-hybridized carbons (Fsp3) is 0.333. The minimum atomic E-state index is -0.475. The highest BCUT2D eigenvalue weighted by Gasteiger charge is 2.12. The van der Waals surface area contributed by atoms with Crippen molar-refractivity contribution in [2.45, 2.75) is 27.4 Å². The van der Waals surface area contributed by atoms with Crippen molar-refractivity contribution in [2.75, 3.05) is 0 Å². The molecule has 1 aromatic carbocycles. The quantitative estimate of drug-likeness (QED) is 0.776. The third-order valence-corrected chi connectivity index (χ3v) is 2.63. The Morgan fingerprint density at radius 1 is 1.19 bits per heavy atom. The molecule has 2 aromatic rings. The van der Waals surface area contributed by atoms with E-state index in [9.17, 15) is 5.11 Å². The van der Waals surface area contributed by atoms with Gasteiger partial charge in [0.1, 0.15) is 0 Å². The molecule has 4 heteroatoms. The Morgan fingerprint density at radius 2 is 1.94 bits per heavy atom. The van der Waals surface area contributed by atoms with Crippen molar-refractivity contribution in [3.8, 4) is 11.5 Å². The molecule has 0 aliphatic rings. The van der Waals surface area contributed by atoms with Crippen LogP contribution < -0.4 is 0 Å². The molecule has 0 bridgehead atoms. The Bertz CT molecular complexity index is 518. The standard InChI is InChI=1S/C12H13N2O2/c1-7-4-8(2)9(3)10(5-7)12-14-13-11(6-15)16-12/h4-5H,6H2,1-3H3. The molecule has 0 aliphatic heterocycles. The van der Waals surface area contributed by atoms with Gasteiger partial charge in [0.25, 0.3) is 0 Å². The molecule has 0 saturated carbocycles. The summed E-state index contributed by atoms with van der Waals surface area (Å²) in [6, 6.07) is 4.09. The molecule has 1 aromatic heterocycles. The van der Waals surface area contributed by atoms with Gasteiger partial charge in [-0.1, -0.05) is 11.6 Å². The monoisotopic (exact) mass is 217 g/mol. The van der Waals surface area contributed by atoms with E-state index in [0.29, 0.717) is 5.89 Å². The van der Waals surface area contributed by atoms with Crippen LogP contribution in [0.4, 0.5) is 0 Å². The number of hydrogen-bond acceptors (Lipinski definition) is 3. The van der Waals surface area contributed by atoms with E-state index in [1.807, 2.05) is 26.8 Å². The number of benzene rings is 1. The minimum absolute atomic E-state index is 0.133. The predicted molar refractivity (Wildman–Crippen MR) is 58.3 cm³/mol. The topological polar surface area (TPSA) is 58.8 Å². The van der Waals surface area contributed by atoms with Crippen molar-refractivity contribution in [1.29, 1.82) is 0 Å². The summed E-state index contributed by atoms with van der Waals surface area (Å²) < 4.78 is 5.27. The lowest BCUT2D eigenvalue weighted by Crippen LogP contribution is -1.89. The lowest BCUT2D eigenvalue weighted by atomic mass is 10.0. The zero-order valence-corrected chi connectivity index (χ0v) is 9.57. The van der Waals surface area contributed by atoms with Gasteiger partial charge in [-0.25, -0.2) is 5.11 Å². The van der Waals surface area contributed by atoms with Crippen molar-refractivity contribution in [3.63, 3.8) is 0 Å². The van der Waals surface area contributed by atoms with Crippen molar-refractivity contribution in [1.82, 2.24) is 10.2 Å². The molecule has 16 heavy (non-hydrogen) atoms. The molecule has 83 valence electrons. The first-order valence-electron chi connectivity index (χ1n) is 5.10. The maximum Gasteiger partial charge on any atom is 0.248 e. The van der Waals surface area contributed by atoms with Gasteiger partial charge in [0, 0.05) is 5.56 Å². The molecular formula is C12H13N2O2. The Labute approximate surface area is 93.9 Å². The van der Waals surface area contributed by atoms with Crippen LogP contribution >= 0.6 is 0 Å². The number of aromatic nitrogens is 2. The number of aryl methyl sites for hydroxylation is 2. The summed E-state index contributed by atoms with van der Waals surface area (Å²) in [4.78, 5) is 0. The molecule has 0 spiro atoms. The molecule has 0 aliphatic carbocycles. The van der Waals surface area contributed by atoms with Gasteiger partial charge in [-0.15, -0.1) is 10.2 Å². The zero-order valence-electron chi connectivity index (χ0n) is 9.57. The van der Waals surface area contributed by atoms with E-state index in [4.69, 9.17) is 4.42 Å². The van der Waals surface area contributed by atoms with Crippen LogP contribution in [0.3, 0.4) is 0 Å². The van der Waals surface area contributed by atoms with Crippen LogP contribution in [0.5, 0.6) is 0 Å². The normalized spacial score (nSPS) is 10.8. The average Bonchev–Trinajstić information content (AvgIpc) is 2.71. The van der Waals surface area contributed by atoms with Crippen LogP contribution in [0.2, 0.25) is 0 Å². The van der Waals surface area contributed by atoms with E-state index in [1.54, 1.807) is 0 Å². The van der Waals surface area contributed by atoms with Crippen LogP contribution in [-0.2, 0) is 11.7 Å². The highest BCUT2D eigenvalue weighted by Crippen LogP contribution is 2.25. The Balaban J connectivity index is 2.54. The first-order valence-corrected chi connectivity index (χ1v) is 5.10. The molecule has 0 N–H and O–H groups in total. The second-order valence-corrected chi connectivity index (χ2v) is 3.90. The molecule has 0 fully saturated rings. The predicted octanol–water partition coefficient (Wildman–Crippen LogP) is 2.59. The van der Waals surface area contributed by atoms with Gasteiger partial charge in [-0.3, -0.25) is 0 Å². The van der Waals surface area contributed by atoms with Gasteiger partial charge in [0.15, 0.2) is 6.61 Å². The maximum absolute atomic E-state index is 10.6. The van der Waals surface area contributed by atoms with Crippen LogP contribution in [0.1, 0.15) is 22.6 Å². The van der Waals surface area contributed by atoms with Gasteiger partial charge >= 0.3 is 0 Å². The number of hydrogen-bond donors (Lipinski definition) is 0. The van der Waals surface area contributed by atoms with Gasteiger partial charge < -0.3 is 4.42 Å². The van der Waals surface area contributed by atoms with Gasteiger partial charge in [-0.2, -0.15) is 0 Å². The van der Waals surface area contributed by atoms with Crippen LogP contribution in [0.25, 0.3) is 11.5 Å². The summed E-state index contributed by atoms with van der Waals surface area (Å²) in [6.45, 7) is 5.58. The third kappa shape index (κ3) is 1.84. The Morgan fingerprint density at radius 3 is 2.56 bits per heavy atom. The molecular weight excluding hydrogens is 204 g/mol. The fourth-order valence-electron chi connectivity index (χ4n) is 1.68. The van der Waals surface area contributed by atoms with Crippen molar-refractivity contribution >= 4 is 0 Å². The SMILES string of the molecule is Cc1cc(C)c(C)c(-c2nnc(C[O])o2)c1. The largest absolute Gasteiger partial charge is 0.418 e. The minimum Gasteiger partial charge on any atom is -0.418 e. The summed E-state index contributed by atoms with van der Waals surface area (Å²) in [5, 5.41) is 18.2. The highest BCUT2D eigenvalue weighted by molar-refractivity contribution is 5.61. The maximum atomic E-state index is 10.6. The molecule has 4 nitrogen and oxygen atoms in total. The Hall–Kier alpha value is -1.68. The van der Waals surface area contributed by atoms with E-state index < -0.39 is 6.61 Å². The smallest absolute Gasteiger partial charge is 0.248 e. The molecule has 0 saturated heterocycles. The fourth-order valence-corrected chi connectivity index (χ4v) is 1.68. The lowest BCUT2D eigenvalue weighted by Gasteiger charge is -2.06. The van der Waals surface area contributed by atoms with E-state index in [0.717, 1.165) is 16.7 Å². The first kappa shape index (κ1) is 10.8. The van der Waals surface area contributed by atoms with Gasteiger partial charge in [-0.05, 0) is 38.0 Å². The van der Waals surface area contributed by atoms with Crippen LogP contribution in [-0.4, -0.2) is 10.2 Å². The zero-order chi connectivity index (χ0) is 11.7. The third-order valence-electron chi connectivity index (χ3n) is 2.63. The first-order chi connectivity index (χ1) is 7.61. The van der Waals surface area contributed by atoms with Crippen LogP contribution in [0.15, 0.2) is 16.5 Å². The Kier molecular flexibility index (Phi) is 2.75. The molecule has 1 heterocycles. The van der Waals surface area contributed by atoms with E-state index in [-0.39, 0.29) is 5.89 Å². The van der Waals surface area contributed by atoms with Gasteiger partial charge in [0.2, 0.25) is 11.8 Å². The van der Waals surface area contributed by atoms with Gasteiger partial charge in [0.05, 0.1) is 0 Å². The van der Waals surface area contributed by atoms with Crippen LogP contribution in [0, 0.1) is 20.8 Å². The van der Waals surface area contributed by atoms with E-state index >= 15 is 0 Å². The summed E-state index contributed by atoms with van der Waals surface area (Å²) >= 11 is 0. The van der Waals surface area contributed by atoms with Crippen molar-refractivity contribution < 1.29 is 9.52 Å². The molecule has 0 atom stereocenters. The highest BCUT2D eigenvalue weighted by atomic mass is 16.4. The second kappa shape index (κ2) is 4.06. The van der Waals surface area contributed by atoms with Crippen molar-refractivity contribution in [3.05, 3.63) is 34.7 Å². The van der Waals surface area contributed by atoms with Crippen molar-refractivity contribution in [2.24, 2.45) is 0 Å². The second-order valence-electron chi connectivity index (χ2n) is 3.90.